The summed E-state index contributed by atoms with van der Waals surface area (Å²) in [5, 5.41) is 14.3. The molecule has 1 unspecified atom stereocenters. The first kappa shape index (κ1) is 14.9. The van der Waals surface area contributed by atoms with Crippen molar-refractivity contribution in [3.05, 3.63) is 45.7 Å². The molecule has 0 aliphatic carbocycles. The molecule has 0 saturated carbocycles. The van der Waals surface area contributed by atoms with Crippen molar-refractivity contribution in [1.82, 2.24) is 9.78 Å². The van der Waals surface area contributed by atoms with Crippen LogP contribution < -0.4 is 4.74 Å². The number of methoxy groups -OCH3 is 1. The molecule has 2 aromatic rings. The standard InChI is InChI=1S/C13H13BrF2N2O2/c1-3-18-12(10(20-2)6-17-18)13(19)11-8(15)4-7(14)5-9(11)16/h4-6,13,19H,3H2,1-2H3. The molecule has 7 heteroatoms. The third kappa shape index (κ3) is 2.55. The molecular formula is C13H13BrF2N2O2. The Bertz CT molecular complexity index is 586. The van der Waals surface area contributed by atoms with Gasteiger partial charge in [0.1, 0.15) is 23.4 Å². The van der Waals surface area contributed by atoms with E-state index in [2.05, 4.69) is 21.0 Å². The minimum Gasteiger partial charge on any atom is -0.493 e. The van der Waals surface area contributed by atoms with Crippen molar-refractivity contribution >= 4 is 15.9 Å². The fraction of sp³-hybridized carbons (Fsp3) is 0.308. The number of halogens is 3. The highest BCUT2D eigenvalue weighted by Crippen LogP contribution is 2.33. The first-order valence-electron chi connectivity index (χ1n) is 5.91. The van der Waals surface area contributed by atoms with Crippen LogP contribution in [0.3, 0.4) is 0 Å². The summed E-state index contributed by atoms with van der Waals surface area (Å²) in [7, 11) is 1.40. The van der Waals surface area contributed by atoms with E-state index in [4.69, 9.17) is 4.74 Å². The van der Waals surface area contributed by atoms with Gasteiger partial charge in [-0.3, -0.25) is 4.68 Å². The van der Waals surface area contributed by atoms with Crippen molar-refractivity contribution in [2.75, 3.05) is 7.11 Å². The van der Waals surface area contributed by atoms with Crippen LogP contribution in [0.4, 0.5) is 8.78 Å². The van der Waals surface area contributed by atoms with Gasteiger partial charge < -0.3 is 9.84 Å². The number of ether oxygens (including phenoxy) is 1. The first-order valence-corrected chi connectivity index (χ1v) is 6.71. The number of aliphatic hydroxyl groups excluding tert-OH is 1. The Morgan fingerprint density at radius 2 is 2.00 bits per heavy atom. The molecule has 2 rings (SSSR count). The number of aliphatic hydroxyl groups is 1. The number of hydrogen-bond acceptors (Lipinski definition) is 3. The third-order valence-electron chi connectivity index (χ3n) is 2.94. The molecule has 0 saturated heterocycles. The van der Waals surface area contributed by atoms with E-state index in [1.54, 1.807) is 6.92 Å². The van der Waals surface area contributed by atoms with Crippen LogP contribution in [0.15, 0.2) is 22.8 Å². The van der Waals surface area contributed by atoms with Crippen molar-refractivity contribution in [2.45, 2.75) is 19.6 Å². The number of benzene rings is 1. The van der Waals surface area contributed by atoms with Crippen molar-refractivity contribution < 1.29 is 18.6 Å². The largest absolute Gasteiger partial charge is 0.493 e. The lowest BCUT2D eigenvalue weighted by Gasteiger charge is -2.16. The lowest BCUT2D eigenvalue weighted by molar-refractivity contribution is 0.192. The first-order chi connectivity index (χ1) is 9.49. The summed E-state index contributed by atoms with van der Waals surface area (Å²) >= 11 is 3.00. The van der Waals surface area contributed by atoms with E-state index in [1.165, 1.54) is 18.0 Å². The fourth-order valence-electron chi connectivity index (χ4n) is 2.01. The second-order valence-corrected chi connectivity index (χ2v) is 5.02. The monoisotopic (exact) mass is 346 g/mol. The molecule has 0 aliphatic rings. The zero-order valence-corrected chi connectivity index (χ0v) is 12.5. The maximum Gasteiger partial charge on any atom is 0.163 e. The minimum atomic E-state index is -1.50. The SMILES string of the molecule is CCn1ncc(OC)c1C(O)c1c(F)cc(Br)cc1F. The number of aryl methyl sites for hydroxylation is 1. The van der Waals surface area contributed by atoms with Crippen LogP contribution in [-0.2, 0) is 6.54 Å². The second kappa shape index (κ2) is 5.88. The van der Waals surface area contributed by atoms with Crippen LogP contribution in [0.2, 0.25) is 0 Å². The van der Waals surface area contributed by atoms with Gasteiger partial charge in [-0.15, -0.1) is 0 Å². The van der Waals surface area contributed by atoms with Gasteiger partial charge >= 0.3 is 0 Å². The van der Waals surface area contributed by atoms with Crippen LogP contribution in [0.25, 0.3) is 0 Å². The molecule has 1 aromatic carbocycles. The predicted molar refractivity (Wildman–Crippen MR) is 72.6 cm³/mol. The normalized spacial score (nSPS) is 12.5. The number of nitrogens with zero attached hydrogens (tertiary/aromatic N) is 2. The van der Waals surface area contributed by atoms with Crippen LogP contribution in [0, 0.1) is 11.6 Å². The summed E-state index contributed by atoms with van der Waals surface area (Å²) in [5.41, 5.74) is -0.211. The van der Waals surface area contributed by atoms with Crippen LogP contribution in [0.5, 0.6) is 5.75 Å². The molecule has 1 atom stereocenters. The molecule has 0 amide bonds. The topological polar surface area (TPSA) is 47.3 Å². The van der Waals surface area contributed by atoms with Crippen molar-refractivity contribution in [2.24, 2.45) is 0 Å². The Morgan fingerprint density at radius 1 is 1.40 bits per heavy atom. The Labute approximate surface area is 123 Å². The number of aromatic nitrogens is 2. The summed E-state index contributed by atoms with van der Waals surface area (Å²) < 4.78 is 34.6. The Kier molecular flexibility index (Phi) is 4.39. The van der Waals surface area contributed by atoms with Gasteiger partial charge in [0.15, 0.2) is 5.75 Å². The van der Waals surface area contributed by atoms with Gasteiger partial charge in [-0.05, 0) is 19.1 Å². The molecular weight excluding hydrogens is 334 g/mol. The molecule has 1 heterocycles. The molecule has 4 nitrogen and oxygen atoms in total. The molecule has 20 heavy (non-hydrogen) atoms. The summed E-state index contributed by atoms with van der Waals surface area (Å²) in [5.74, 6) is -1.40. The second-order valence-electron chi connectivity index (χ2n) is 4.10. The molecule has 108 valence electrons. The highest BCUT2D eigenvalue weighted by Gasteiger charge is 2.26. The van der Waals surface area contributed by atoms with Gasteiger partial charge in [0, 0.05) is 11.0 Å². The quantitative estimate of drug-likeness (QED) is 0.925. The van der Waals surface area contributed by atoms with E-state index in [1.807, 2.05) is 0 Å². The highest BCUT2D eigenvalue weighted by molar-refractivity contribution is 9.10. The van der Waals surface area contributed by atoms with Gasteiger partial charge in [-0.2, -0.15) is 5.10 Å². The number of rotatable bonds is 4. The Hall–Kier alpha value is -1.47. The molecule has 0 spiro atoms. The van der Waals surface area contributed by atoms with Gasteiger partial charge in [0.2, 0.25) is 0 Å². The van der Waals surface area contributed by atoms with Gasteiger partial charge in [0.25, 0.3) is 0 Å². The molecule has 0 fully saturated rings. The highest BCUT2D eigenvalue weighted by atomic mass is 79.9. The van der Waals surface area contributed by atoms with E-state index >= 15 is 0 Å². The maximum absolute atomic E-state index is 13.9. The van der Waals surface area contributed by atoms with Gasteiger partial charge in [-0.1, -0.05) is 15.9 Å². The lowest BCUT2D eigenvalue weighted by Crippen LogP contribution is -2.13. The van der Waals surface area contributed by atoms with Crippen LogP contribution in [0.1, 0.15) is 24.3 Å². The van der Waals surface area contributed by atoms with E-state index in [-0.39, 0.29) is 15.9 Å². The fourth-order valence-corrected chi connectivity index (χ4v) is 2.42. The summed E-state index contributed by atoms with van der Waals surface area (Å²) in [6, 6.07) is 2.20. The van der Waals surface area contributed by atoms with Crippen molar-refractivity contribution in [3.63, 3.8) is 0 Å². The van der Waals surface area contributed by atoms with E-state index in [0.29, 0.717) is 6.54 Å². The average molecular weight is 347 g/mol. The van der Waals surface area contributed by atoms with Crippen LogP contribution in [-0.4, -0.2) is 22.0 Å². The molecule has 1 N–H and O–H groups in total. The number of hydrogen-bond donors (Lipinski definition) is 1. The van der Waals surface area contributed by atoms with Crippen LogP contribution >= 0.6 is 15.9 Å². The molecule has 1 aromatic heterocycles. The summed E-state index contributed by atoms with van der Waals surface area (Å²) in [6.45, 7) is 2.24. The van der Waals surface area contributed by atoms with Crippen molar-refractivity contribution in [1.29, 1.82) is 0 Å². The molecule has 0 bridgehead atoms. The smallest absolute Gasteiger partial charge is 0.163 e. The van der Waals surface area contributed by atoms with Gasteiger partial charge in [0.05, 0.1) is 18.9 Å². The Morgan fingerprint density at radius 3 is 2.50 bits per heavy atom. The zero-order valence-electron chi connectivity index (χ0n) is 10.9. The average Bonchev–Trinajstić information content (AvgIpc) is 2.79. The predicted octanol–water partition coefficient (Wildman–Crippen LogP) is 3.03. The minimum absolute atomic E-state index is 0.218. The third-order valence-corrected chi connectivity index (χ3v) is 3.40. The van der Waals surface area contributed by atoms with Gasteiger partial charge in [-0.25, -0.2) is 8.78 Å². The van der Waals surface area contributed by atoms with Crippen molar-refractivity contribution in [3.8, 4) is 5.75 Å². The van der Waals surface area contributed by atoms with E-state index in [0.717, 1.165) is 12.1 Å². The lowest BCUT2D eigenvalue weighted by atomic mass is 10.0. The maximum atomic E-state index is 13.9. The summed E-state index contributed by atoms with van der Waals surface area (Å²) in [4.78, 5) is 0. The zero-order chi connectivity index (χ0) is 14.9. The van der Waals surface area contributed by atoms with E-state index < -0.39 is 23.3 Å². The Balaban J connectivity index is 2.57. The summed E-state index contributed by atoms with van der Waals surface area (Å²) in [6.07, 6.45) is -0.100. The van der Waals surface area contributed by atoms with E-state index in [9.17, 15) is 13.9 Å². The molecule has 0 radical (unpaired) electrons. The molecule has 0 aliphatic heterocycles.